The molecule has 0 radical (unpaired) electrons. The summed E-state index contributed by atoms with van der Waals surface area (Å²) in [5.74, 6) is -0.156. The van der Waals surface area contributed by atoms with Crippen LogP contribution in [0.5, 0.6) is 0 Å². The highest BCUT2D eigenvalue weighted by atomic mass is 16.1. The molecule has 0 spiro atoms. The average molecular weight is 260 g/mol. The fraction of sp³-hybridized carbons (Fsp3) is 0.562. The Morgan fingerprint density at radius 3 is 2.53 bits per heavy atom. The fourth-order valence-corrected chi connectivity index (χ4v) is 3.08. The van der Waals surface area contributed by atoms with Crippen molar-refractivity contribution in [3.05, 3.63) is 34.9 Å². The molecule has 2 atom stereocenters. The van der Waals surface area contributed by atoms with Crippen molar-refractivity contribution in [2.75, 3.05) is 0 Å². The van der Waals surface area contributed by atoms with Gasteiger partial charge in [0.05, 0.1) is 5.92 Å². The Hall–Kier alpha value is -1.35. The van der Waals surface area contributed by atoms with Crippen LogP contribution in [-0.4, -0.2) is 11.9 Å². The van der Waals surface area contributed by atoms with Crippen LogP contribution in [0.15, 0.2) is 18.2 Å². The number of primary amides is 1. The van der Waals surface area contributed by atoms with Gasteiger partial charge in [-0.05, 0) is 43.4 Å². The van der Waals surface area contributed by atoms with Gasteiger partial charge >= 0.3 is 0 Å². The SMILES string of the molecule is Cc1cccc(C)c1CNC1CCCCC1C(N)=O. The lowest BCUT2D eigenvalue weighted by molar-refractivity contribution is -0.123. The van der Waals surface area contributed by atoms with Crippen molar-refractivity contribution in [1.29, 1.82) is 0 Å². The van der Waals surface area contributed by atoms with Crippen LogP contribution in [0.1, 0.15) is 42.4 Å². The number of hydrogen-bond donors (Lipinski definition) is 2. The Balaban J connectivity index is 2.02. The van der Waals surface area contributed by atoms with Gasteiger partial charge in [-0.2, -0.15) is 0 Å². The molecule has 3 heteroatoms. The van der Waals surface area contributed by atoms with Gasteiger partial charge < -0.3 is 11.1 Å². The van der Waals surface area contributed by atoms with E-state index in [1.807, 2.05) is 0 Å². The van der Waals surface area contributed by atoms with Gasteiger partial charge in [0.15, 0.2) is 0 Å². The van der Waals surface area contributed by atoms with E-state index in [-0.39, 0.29) is 17.9 Å². The highest BCUT2D eigenvalue weighted by Crippen LogP contribution is 2.25. The molecule has 1 aliphatic rings. The first-order valence-electron chi connectivity index (χ1n) is 7.17. The largest absolute Gasteiger partial charge is 0.369 e. The molecular formula is C16H24N2O. The molecule has 19 heavy (non-hydrogen) atoms. The fourth-order valence-electron chi connectivity index (χ4n) is 3.08. The quantitative estimate of drug-likeness (QED) is 0.873. The third-order valence-electron chi connectivity index (χ3n) is 4.32. The van der Waals surface area contributed by atoms with Gasteiger partial charge in [-0.25, -0.2) is 0 Å². The second kappa shape index (κ2) is 6.20. The molecule has 0 bridgehead atoms. The maximum absolute atomic E-state index is 11.5. The Kier molecular flexibility index (Phi) is 4.59. The van der Waals surface area contributed by atoms with Gasteiger partial charge in [0.25, 0.3) is 0 Å². The molecule has 1 aliphatic carbocycles. The van der Waals surface area contributed by atoms with Crippen LogP contribution in [0, 0.1) is 19.8 Å². The smallest absolute Gasteiger partial charge is 0.222 e. The first-order chi connectivity index (χ1) is 9.09. The van der Waals surface area contributed by atoms with Crippen LogP contribution in [0.2, 0.25) is 0 Å². The number of nitrogens with two attached hydrogens (primary N) is 1. The van der Waals surface area contributed by atoms with E-state index < -0.39 is 0 Å². The molecule has 1 aromatic rings. The highest BCUT2D eigenvalue weighted by Gasteiger charge is 2.28. The third-order valence-corrected chi connectivity index (χ3v) is 4.32. The molecule has 3 nitrogen and oxygen atoms in total. The van der Waals surface area contributed by atoms with Gasteiger partial charge in [0.1, 0.15) is 0 Å². The maximum Gasteiger partial charge on any atom is 0.222 e. The third kappa shape index (κ3) is 3.35. The van der Waals surface area contributed by atoms with Gasteiger partial charge in [-0.1, -0.05) is 31.0 Å². The summed E-state index contributed by atoms with van der Waals surface area (Å²) < 4.78 is 0. The average Bonchev–Trinajstić information content (AvgIpc) is 2.38. The predicted octanol–water partition coefficient (Wildman–Crippen LogP) is 2.44. The summed E-state index contributed by atoms with van der Waals surface area (Å²) in [4.78, 5) is 11.5. The van der Waals surface area contributed by atoms with E-state index in [0.29, 0.717) is 0 Å². The van der Waals surface area contributed by atoms with E-state index in [1.165, 1.54) is 23.1 Å². The van der Waals surface area contributed by atoms with E-state index >= 15 is 0 Å². The van der Waals surface area contributed by atoms with E-state index in [9.17, 15) is 4.79 Å². The second-order valence-corrected chi connectivity index (χ2v) is 5.65. The van der Waals surface area contributed by atoms with Crippen LogP contribution >= 0.6 is 0 Å². The Morgan fingerprint density at radius 1 is 1.26 bits per heavy atom. The molecule has 0 aromatic heterocycles. The lowest BCUT2D eigenvalue weighted by atomic mass is 9.84. The van der Waals surface area contributed by atoms with E-state index in [1.54, 1.807) is 0 Å². The monoisotopic (exact) mass is 260 g/mol. The van der Waals surface area contributed by atoms with Crippen LogP contribution in [-0.2, 0) is 11.3 Å². The van der Waals surface area contributed by atoms with Gasteiger partial charge in [-0.3, -0.25) is 4.79 Å². The number of carbonyl (C=O) groups excluding carboxylic acids is 1. The van der Waals surface area contributed by atoms with Crippen LogP contribution < -0.4 is 11.1 Å². The first kappa shape index (κ1) is 14.1. The minimum atomic E-state index is -0.154. The summed E-state index contributed by atoms with van der Waals surface area (Å²) in [6, 6.07) is 6.60. The molecule has 0 saturated heterocycles. The van der Waals surface area contributed by atoms with E-state index in [4.69, 9.17) is 5.73 Å². The number of aryl methyl sites for hydroxylation is 2. The molecule has 2 rings (SSSR count). The zero-order valence-corrected chi connectivity index (χ0v) is 11.9. The van der Waals surface area contributed by atoms with Crippen molar-refractivity contribution in [3.8, 4) is 0 Å². The van der Waals surface area contributed by atoms with E-state index in [2.05, 4.69) is 37.4 Å². The summed E-state index contributed by atoms with van der Waals surface area (Å²) in [5.41, 5.74) is 9.46. The van der Waals surface area contributed by atoms with Crippen molar-refractivity contribution >= 4 is 5.91 Å². The standard InChI is InChI=1S/C16H24N2O/c1-11-6-5-7-12(2)14(11)10-18-15-9-4-3-8-13(15)16(17)19/h5-7,13,15,18H,3-4,8-10H2,1-2H3,(H2,17,19). The van der Waals surface area contributed by atoms with Crippen molar-refractivity contribution in [1.82, 2.24) is 5.32 Å². The molecule has 2 unspecified atom stereocenters. The first-order valence-corrected chi connectivity index (χ1v) is 7.17. The molecule has 1 amide bonds. The molecule has 1 aromatic carbocycles. The van der Waals surface area contributed by atoms with Crippen LogP contribution in [0.3, 0.4) is 0 Å². The number of hydrogen-bond acceptors (Lipinski definition) is 2. The minimum absolute atomic E-state index is 0.00178. The van der Waals surface area contributed by atoms with Crippen LogP contribution in [0.25, 0.3) is 0 Å². The molecular weight excluding hydrogens is 236 g/mol. The zero-order valence-electron chi connectivity index (χ0n) is 11.9. The Morgan fingerprint density at radius 2 is 1.89 bits per heavy atom. The van der Waals surface area contributed by atoms with Gasteiger partial charge in [-0.15, -0.1) is 0 Å². The lowest BCUT2D eigenvalue weighted by Crippen LogP contribution is -2.44. The number of nitrogens with one attached hydrogen (secondary N) is 1. The number of rotatable bonds is 4. The molecule has 3 N–H and O–H groups in total. The number of amides is 1. The van der Waals surface area contributed by atoms with Crippen molar-refractivity contribution in [2.45, 2.75) is 52.1 Å². The Labute approximate surface area is 115 Å². The molecule has 104 valence electrons. The molecule has 1 saturated carbocycles. The highest BCUT2D eigenvalue weighted by molar-refractivity contribution is 5.77. The number of benzene rings is 1. The Bertz CT molecular complexity index is 436. The normalized spacial score (nSPS) is 23.3. The predicted molar refractivity (Wildman–Crippen MR) is 77.7 cm³/mol. The molecule has 0 aliphatic heterocycles. The summed E-state index contributed by atoms with van der Waals surface area (Å²) in [6.07, 6.45) is 4.29. The maximum atomic E-state index is 11.5. The summed E-state index contributed by atoms with van der Waals surface area (Å²) in [5, 5.41) is 3.55. The van der Waals surface area contributed by atoms with Crippen molar-refractivity contribution in [2.24, 2.45) is 11.7 Å². The molecule has 0 heterocycles. The summed E-state index contributed by atoms with van der Waals surface area (Å²) in [6.45, 7) is 5.10. The van der Waals surface area contributed by atoms with Crippen molar-refractivity contribution < 1.29 is 4.79 Å². The van der Waals surface area contributed by atoms with E-state index in [0.717, 1.165) is 25.8 Å². The summed E-state index contributed by atoms with van der Waals surface area (Å²) in [7, 11) is 0. The lowest BCUT2D eigenvalue weighted by Gasteiger charge is -2.30. The number of carbonyl (C=O) groups is 1. The van der Waals surface area contributed by atoms with Gasteiger partial charge in [0.2, 0.25) is 5.91 Å². The second-order valence-electron chi connectivity index (χ2n) is 5.65. The minimum Gasteiger partial charge on any atom is -0.369 e. The summed E-state index contributed by atoms with van der Waals surface area (Å²) >= 11 is 0. The molecule has 1 fully saturated rings. The zero-order chi connectivity index (χ0) is 13.8. The van der Waals surface area contributed by atoms with Gasteiger partial charge in [0, 0.05) is 12.6 Å². The van der Waals surface area contributed by atoms with Crippen LogP contribution in [0.4, 0.5) is 0 Å². The topological polar surface area (TPSA) is 55.1 Å². The van der Waals surface area contributed by atoms with Crippen molar-refractivity contribution in [3.63, 3.8) is 0 Å².